The van der Waals surface area contributed by atoms with Crippen molar-refractivity contribution in [2.75, 3.05) is 0 Å². The standard InChI is InChI=1S/C23H26FN3O5/c1-3-14(2)20(21(28)26-31)27-22(29)19(25-23(27)30)12-10-15-9-11-17(13-18(15)24)32-16-7-5-4-6-8-16/h4-9,11,13-14,19-20,31H,3,10,12H2,1-2H3,(H,25,30)(H,26,28). The van der Waals surface area contributed by atoms with Crippen LogP contribution < -0.4 is 15.5 Å². The highest BCUT2D eigenvalue weighted by molar-refractivity contribution is 6.07. The molecule has 0 radical (unpaired) electrons. The van der Waals surface area contributed by atoms with Crippen LogP contribution >= 0.6 is 0 Å². The van der Waals surface area contributed by atoms with E-state index in [-0.39, 0.29) is 18.8 Å². The van der Waals surface area contributed by atoms with Crippen LogP contribution in [0.2, 0.25) is 0 Å². The van der Waals surface area contributed by atoms with Crippen LogP contribution in [-0.2, 0) is 16.0 Å². The predicted molar refractivity (Wildman–Crippen MR) is 114 cm³/mol. The summed E-state index contributed by atoms with van der Waals surface area (Å²) in [7, 11) is 0. The number of para-hydroxylation sites is 1. The summed E-state index contributed by atoms with van der Waals surface area (Å²) in [6, 6.07) is 10.8. The molecule has 0 saturated carbocycles. The second kappa shape index (κ2) is 10.2. The number of hydrogen-bond acceptors (Lipinski definition) is 5. The fourth-order valence-electron chi connectivity index (χ4n) is 3.65. The second-order valence-electron chi connectivity index (χ2n) is 7.72. The van der Waals surface area contributed by atoms with Crippen LogP contribution in [0.4, 0.5) is 9.18 Å². The van der Waals surface area contributed by atoms with Gasteiger partial charge in [0.2, 0.25) is 0 Å². The summed E-state index contributed by atoms with van der Waals surface area (Å²) in [6.07, 6.45) is 0.870. The molecule has 0 aromatic heterocycles. The molecule has 4 amide bonds. The molecule has 32 heavy (non-hydrogen) atoms. The normalized spacial score (nSPS) is 17.6. The van der Waals surface area contributed by atoms with Crippen LogP contribution in [0, 0.1) is 11.7 Å². The Bertz CT molecular complexity index is 985. The molecular formula is C23H26FN3O5. The average Bonchev–Trinajstić information content (AvgIpc) is 3.07. The molecule has 170 valence electrons. The number of nitrogens with one attached hydrogen (secondary N) is 2. The van der Waals surface area contributed by atoms with E-state index in [9.17, 15) is 18.8 Å². The molecule has 9 heteroatoms. The second-order valence-corrected chi connectivity index (χ2v) is 7.72. The number of nitrogens with zero attached hydrogens (tertiary/aromatic N) is 1. The SMILES string of the molecule is CCC(C)C(C(=O)NO)N1C(=O)NC(CCc2ccc(Oc3ccccc3)cc2F)C1=O. The maximum atomic E-state index is 14.6. The van der Waals surface area contributed by atoms with Crippen LogP contribution in [0.5, 0.6) is 11.5 Å². The van der Waals surface area contributed by atoms with Gasteiger partial charge in [-0.2, -0.15) is 0 Å². The number of hydrogen-bond donors (Lipinski definition) is 3. The number of carbonyl (C=O) groups excluding carboxylic acids is 3. The van der Waals surface area contributed by atoms with Gasteiger partial charge in [0, 0.05) is 6.07 Å². The van der Waals surface area contributed by atoms with Gasteiger partial charge in [0.1, 0.15) is 29.4 Å². The largest absolute Gasteiger partial charge is 0.457 e. The van der Waals surface area contributed by atoms with Gasteiger partial charge in [0.05, 0.1) is 0 Å². The van der Waals surface area contributed by atoms with E-state index in [1.54, 1.807) is 31.2 Å². The third-order valence-electron chi connectivity index (χ3n) is 5.60. The van der Waals surface area contributed by atoms with Gasteiger partial charge < -0.3 is 10.1 Å². The fraction of sp³-hybridized carbons (Fsp3) is 0.348. The number of hydroxylamine groups is 1. The van der Waals surface area contributed by atoms with E-state index in [0.29, 0.717) is 23.5 Å². The zero-order valence-corrected chi connectivity index (χ0v) is 17.9. The minimum absolute atomic E-state index is 0.158. The Kier molecular flexibility index (Phi) is 7.42. The summed E-state index contributed by atoms with van der Waals surface area (Å²) in [5, 5.41) is 11.6. The molecule has 3 atom stereocenters. The van der Waals surface area contributed by atoms with Gasteiger partial charge in [-0.1, -0.05) is 44.5 Å². The van der Waals surface area contributed by atoms with E-state index >= 15 is 0 Å². The summed E-state index contributed by atoms with van der Waals surface area (Å²) < 4.78 is 20.2. The van der Waals surface area contributed by atoms with Gasteiger partial charge >= 0.3 is 6.03 Å². The molecule has 2 aromatic carbocycles. The molecule has 1 saturated heterocycles. The molecule has 1 fully saturated rings. The van der Waals surface area contributed by atoms with Gasteiger partial charge in [-0.05, 0) is 42.5 Å². The van der Waals surface area contributed by atoms with Gasteiger partial charge in [-0.15, -0.1) is 0 Å². The number of rotatable bonds is 9. The van der Waals surface area contributed by atoms with Crippen molar-refractivity contribution < 1.29 is 28.7 Å². The van der Waals surface area contributed by atoms with Crippen LogP contribution in [0.3, 0.4) is 0 Å². The molecule has 8 nitrogen and oxygen atoms in total. The molecule has 3 rings (SSSR count). The highest BCUT2D eigenvalue weighted by Crippen LogP contribution is 2.25. The van der Waals surface area contributed by atoms with Gasteiger partial charge in [0.15, 0.2) is 0 Å². The number of imide groups is 1. The van der Waals surface area contributed by atoms with Crippen molar-refractivity contribution in [3.63, 3.8) is 0 Å². The Balaban J connectivity index is 1.66. The molecule has 2 aromatic rings. The summed E-state index contributed by atoms with van der Waals surface area (Å²) in [4.78, 5) is 38.2. The van der Waals surface area contributed by atoms with E-state index in [0.717, 1.165) is 4.90 Å². The van der Waals surface area contributed by atoms with Gasteiger partial charge in [-0.25, -0.2) is 19.6 Å². The number of carbonyl (C=O) groups is 3. The lowest BCUT2D eigenvalue weighted by Crippen LogP contribution is -2.52. The molecule has 0 bridgehead atoms. The van der Waals surface area contributed by atoms with E-state index in [1.165, 1.54) is 11.5 Å². The summed E-state index contributed by atoms with van der Waals surface area (Å²) in [6.45, 7) is 3.52. The Morgan fingerprint density at radius 3 is 2.56 bits per heavy atom. The first kappa shape index (κ1) is 23.2. The van der Waals surface area contributed by atoms with Crippen LogP contribution in [0.25, 0.3) is 0 Å². The first-order valence-corrected chi connectivity index (χ1v) is 10.4. The zero-order chi connectivity index (χ0) is 23.3. The first-order valence-electron chi connectivity index (χ1n) is 10.4. The number of benzene rings is 2. The maximum absolute atomic E-state index is 14.6. The number of aryl methyl sites for hydroxylation is 1. The zero-order valence-electron chi connectivity index (χ0n) is 17.9. The van der Waals surface area contributed by atoms with Crippen LogP contribution in [-0.4, -0.2) is 40.0 Å². The summed E-state index contributed by atoms with van der Waals surface area (Å²) in [5.74, 6) is -1.31. The molecule has 1 heterocycles. The molecule has 1 aliphatic heterocycles. The summed E-state index contributed by atoms with van der Waals surface area (Å²) >= 11 is 0. The lowest BCUT2D eigenvalue weighted by Gasteiger charge is -2.28. The van der Waals surface area contributed by atoms with Crippen molar-refractivity contribution >= 4 is 17.8 Å². The van der Waals surface area contributed by atoms with E-state index < -0.39 is 35.7 Å². The smallest absolute Gasteiger partial charge is 0.325 e. The fourth-order valence-corrected chi connectivity index (χ4v) is 3.65. The molecule has 0 aliphatic carbocycles. The quantitative estimate of drug-likeness (QED) is 0.313. The third kappa shape index (κ3) is 5.05. The van der Waals surface area contributed by atoms with Crippen molar-refractivity contribution in [2.24, 2.45) is 5.92 Å². The number of amides is 4. The van der Waals surface area contributed by atoms with Gasteiger partial charge in [-0.3, -0.25) is 14.8 Å². The lowest BCUT2D eigenvalue weighted by molar-refractivity contribution is -0.142. The average molecular weight is 443 g/mol. The highest BCUT2D eigenvalue weighted by atomic mass is 19.1. The van der Waals surface area contributed by atoms with Crippen LogP contribution in [0.1, 0.15) is 32.3 Å². The highest BCUT2D eigenvalue weighted by Gasteiger charge is 2.46. The Morgan fingerprint density at radius 1 is 1.22 bits per heavy atom. The molecule has 3 unspecified atom stereocenters. The van der Waals surface area contributed by atoms with E-state index in [2.05, 4.69) is 5.32 Å². The van der Waals surface area contributed by atoms with E-state index in [1.807, 2.05) is 25.1 Å². The van der Waals surface area contributed by atoms with Gasteiger partial charge in [0.25, 0.3) is 11.8 Å². The van der Waals surface area contributed by atoms with Crippen molar-refractivity contribution in [1.29, 1.82) is 0 Å². The Labute approximate surface area is 185 Å². The maximum Gasteiger partial charge on any atom is 0.325 e. The predicted octanol–water partition coefficient (Wildman–Crippen LogP) is 3.39. The monoisotopic (exact) mass is 443 g/mol. The van der Waals surface area contributed by atoms with E-state index in [4.69, 9.17) is 9.94 Å². The topological polar surface area (TPSA) is 108 Å². The minimum Gasteiger partial charge on any atom is -0.457 e. The number of ether oxygens (including phenoxy) is 1. The Hall–Kier alpha value is -3.46. The first-order chi connectivity index (χ1) is 15.3. The summed E-state index contributed by atoms with van der Waals surface area (Å²) in [5.41, 5.74) is 1.90. The Morgan fingerprint density at radius 2 is 1.94 bits per heavy atom. The van der Waals surface area contributed by atoms with Crippen molar-refractivity contribution in [2.45, 2.75) is 45.2 Å². The third-order valence-corrected chi connectivity index (χ3v) is 5.60. The molecule has 0 spiro atoms. The molecule has 3 N–H and O–H groups in total. The minimum atomic E-state index is -1.13. The van der Waals surface area contributed by atoms with Crippen molar-refractivity contribution in [3.8, 4) is 11.5 Å². The number of urea groups is 1. The molecule has 1 aliphatic rings. The van der Waals surface area contributed by atoms with Crippen LogP contribution in [0.15, 0.2) is 48.5 Å². The van der Waals surface area contributed by atoms with Crippen molar-refractivity contribution in [1.82, 2.24) is 15.7 Å². The molecular weight excluding hydrogens is 417 g/mol. The lowest BCUT2D eigenvalue weighted by atomic mass is 9.96. The van der Waals surface area contributed by atoms with Crippen molar-refractivity contribution in [3.05, 3.63) is 59.9 Å². The number of halogens is 1.